The van der Waals surface area contributed by atoms with Gasteiger partial charge in [0.15, 0.2) is 10.6 Å². The monoisotopic (exact) mass is 650 g/mol. The summed E-state index contributed by atoms with van der Waals surface area (Å²) in [5.74, 6) is 0.0676. The Morgan fingerprint density at radius 3 is 2.33 bits per heavy atom. The van der Waals surface area contributed by atoms with Crippen molar-refractivity contribution < 1.29 is 32.0 Å². The topological polar surface area (TPSA) is 149 Å². The Morgan fingerprint density at radius 1 is 1.02 bits per heavy atom. The number of piperazine rings is 1. The highest BCUT2D eigenvalue weighted by atomic mass is 32.2. The third kappa shape index (κ3) is 6.03. The molecule has 1 saturated heterocycles. The van der Waals surface area contributed by atoms with Gasteiger partial charge in [-0.15, -0.1) is 0 Å². The van der Waals surface area contributed by atoms with Crippen LogP contribution in [0.15, 0.2) is 77.7 Å². The van der Waals surface area contributed by atoms with Crippen LogP contribution < -0.4 is 10.1 Å². The molecule has 1 N–H and O–H groups in total. The summed E-state index contributed by atoms with van der Waals surface area (Å²) in [7, 11) is -4.09. The number of ether oxygens (including phenoxy) is 2. The molecule has 0 aliphatic carbocycles. The summed E-state index contributed by atoms with van der Waals surface area (Å²) in [6, 6.07) is 17.7. The average Bonchev–Trinajstić information content (AvgIpc) is 3.46. The summed E-state index contributed by atoms with van der Waals surface area (Å²) in [5, 5.41) is 19.7. The van der Waals surface area contributed by atoms with E-state index < -0.39 is 26.6 Å². The van der Waals surface area contributed by atoms with Gasteiger partial charge in [0.25, 0.3) is 5.69 Å². The van der Waals surface area contributed by atoms with Crippen LogP contribution in [0.4, 0.5) is 15.8 Å². The second-order valence-corrected chi connectivity index (χ2v) is 12.6. The number of para-hydroxylation sites is 1. The molecule has 0 radical (unpaired) electrons. The number of hydrogen-bond acceptors (Lipinski definition) is 10. The van der Waals surface area contributed by atoms with Crippen LogP contribution >= 0.6 is 0 Å². The molecule has 13 nitrogen and oxygen atoms in total. The van der Waals surface area contributed by atoms with E-state index in [-0.39, 0.29) is 42.1 Å². The van der Waals surface area contributed by atoms with Crippen molar-refractivity contribution in [2.24, 2.45) is 0 Å². The van der Waals surface area contributed by atoms with E-state index >= 15 is 0 Å². The Hall–Kier alpha value is -4.86. The van der Waals surface area contributed by atoms with Crippen LogP contribution in [-0.4, -0.2) is 77.6 Å². The number of halogens is 1. The number of rotatable bonds is 9. The minimum absolute atomic E-state index is 0.134. The molecule has 6 rings (SSSR count). The van der Waals surface area contributed by atoms with Gasteiger partial charge in [0.2, 0.25) is 10.0 Å². The van der Waals surface area contributed by atoms with Crippen molar-refractivity contribution in [3.63, 3.8) is 0 Å². The van der Waals surface area contributed by atoms with E-state index in [9.17, 15) is 27.7 Å². The standard InChI is InChI=1S/C31H31FN6O7S/c1-2-44-31(39)30-29-28(34-37(30)22-9-13-24(14-10-22)45-23-11-7-21(32)8-12-23)26(15-16-33-29)35-17-19-36(20-18-35)46(42,43)27-6-4-3-5-25(27)38(40)41/h3-14,26,33H,2,15-20H2,1H3/t26-/m1/s1. The Bertz CT molecular complexity index is 1860. The molecule has 0 bridgehead atoms. The first kappa shape index (κ1) is 31.1. The fourth-order valence-corrected chi connectivity index (χ4v) is 7.34. The molecule has 1 fully saturated rings. The zero-order valence-electron chi connectivity index (χ0n) is 24.8. The molecule has 2 aliphatic rings. The van der Waals surface area contributed by atoms with Gasteiger partial charge in [-0.25, -0.2) is 22.3 Å². The smallest absolute Gasteiger partial charge is 0.359 e. The molecule has 15 heteroatoms. The number of carbonyl (C=O) groups is 1. The van der Waals surface area contributed by atoms with Gasteiger partial charge in [0.1, 0.15) is 23.0 Å². The molecule has 3 heterocycles. The van der Waals surface area contributed by atoms with Gasteiger partial charge < -0.3 is 14.8 Å². The van der Waals surface area contributed by atoms with E-state index in [2.05, 4.69) is 10.2 Å². The maximum atomic E-state index is 13.4. The van der Waals surface area contributed by atoms with Crippen molar-refractivity contribution in [2.45, 2.75) is 24.3 Å². The molecule has 1 aromatic heterocycles. The lowest BCUT2D eigenvalue weighted by Crippen LogP contribution is -2.50. The number of nitrogens with zero attached hydrogens (tertiary/aromatic N) is 5. The van der Waals surface area contributed by atoms with E-state index in [4.69, 9.17) is 14.6 Å². The molecule has 0 unspecified atom stereocenters. The summed E-state index contributed by atoms with van der Waals surface area (Å²) in [4.78, 5) is 25.8. The van der Waals surface area contributed by atoms with Crippen molar-refractivity contribution in [2.75, 3.05) is 44.6 Å². The number of sulfonamides is 1. The van der Waals surface area contributed by atoms with E-state index in [1.165, 1.54) is 57.5 Å². The Labute approximate surface area is 264 Å². The number of nitrogens with one attached hydrogen (secondary N) is 1. The zero-order chi connectivity index (χ0) is 32.4. The lowest BCUT2D eigenvalue weighted by molar-refractivity contribution is -0.387. The Balaban J connectivity index is 1.25. The maximum absolute atomic E-state index is 13.4. The number of fused-ring (bicyclic) bond motifs is 1. The molecule has 3 aromatic carbocycles. The molecule has 4 aromatic rings. The van der Waals surface area contributed by atoms with Crippen molar-refractivity contribution >= 4 is 27.4 Å². The molecule has 1 atom stereocenters. The number of aromatic nitrogens is 2. The number of nitro benzene ring substituents is 1. The summed E-state index contributed by atoms with van der Waals surface area (Å²) in [6.45, 7) is 3.43. The highest BCUT2D eigenvalue weighted by molar-refractivity contribution is 7.89. The predicted molar refractivity (Wildman–Crippen MR) is 165 cm³/mol. The number of carbonyl (C=O) groups excluding carboxylic acids is 1. The number of anilines is 1. The molecule has 0 saturated carbocycles. The lowest BCUT2D eigenvalue weighted by atomic mass is 10.0. The van der Waals surface area contributed by atoms with Crippen LogP contribution in [0.3, 0.4) is 0 Å². The summed E-state index contributed by atoms with van der Waals surface area (Å²) < 4.78 is 54.0. The molecule has 0 spiro atoms. The first-order valence-corrected chi connectivity index (χ1v) is 16.2. The van der Waals surface area contributed by atoms with E-state index in [1.807, 2.05) is 0 Å². The van der Waals surface area contributed by atoms with Gasteiger partial charge in [-0.1, -0.05) is 12.1 Å². The maximum Gasteiger partial charge on any atom is 0.359 e. The number of hydrogen-bond donors (Lipinski definition) is 1. The Morgan fingerprint density at radius 2 is 1.67 bits per heavy atom. The molecule has 46 heavy (non-hydrogen) atoms. The fraction of sp³-hybridized carbons (Fsp3) is 0.290. The number of nitro groups is 1. The fourth-order valence-electron chi connectivity index (χ4n) is 5.76. The van der Waals surface area contributed by atoms with E-state index in [1.54, 1.807) is 31.2 Å². The Kier molecular flexibility index (Phi) is 8.71. The first-order valence-electron chi connectivity index (χ1n) is 14.7. The van der Waals surface area contributed by atoms with Crippen molar-refractivity contribution in [3.8, 4) is 17.2 Å². The summed E-state index contributed by atoms with van der Waals surface area (Å²) >= 11 is 0. The van der Waals surface area contributed by atoms with Crippen LogP contribution in [-0.2, 0) is 14.8 Å². The molecule has 0 amide bonds. The van der Waals surface area contributed by atoms with Crippen LogP contribution in [0.1, 0.15) is 35.6 Å². The van der Waals surface area contributed by atoms with Crippen LogP contribution in [0, 0.1) is 15.9 Å². The zero-order valence-corrected chi connectivity index (χ0v) is 25.7. The highest BCUT2D eigenvalue weighted by Crippen LogP contribution is 2.38. The second-order valence-electron chi connectivity index (χ2n) is 10.7. The molecular formula is C31H31FN6O7S. The van der Waals surface area contributed by atoms with Crippen LogP contribution in [0.2, 0.25) is 0 Å². The van der Waals surface area contributed by atoms with Gasteiger partial charge in [-0.3, -0.25) is 15.0 Å². The summed E-state index contributed by atoms with van der Waals surface area (Å²) in [6.07, 6.45) is 0.660. The van der Waals surface area contributed by atoms with Crippen LogP contribution in [0.5, 0.6) is 11.5 Å². The van der Waals surface area contributed by atoms with Gasteiger partial charge >= 0.3 is 5.97 Å². The minimum Gasteiger partial charge on any atom is -0.461 e. The minimum atomic E-state index is -4.09. The largest absolute Gasteiger partial charge is 0.461 e. The van der Waals surface area contributed by atoms with Gasteiger partial charge in [-0.05, 0) is 67.9 Å². The first-order chi connectivity index (χ1) is 22.2. The normalized spacial score (nSPS) is 17.1. The SMILES string of the molecule is CCOC(=O)c1c2c(nn1-c1ccc(Oc3ccc(F)cc3)cc1)[C@H](N1CCN(S(=O)(=O)c3ccccc3[N+](=O)[O-])CC1)CCN2. The molecule has 2 aliphatic heterocycles. The van der Waals surface area contributed by atoms with E-state index in [0.717, 1.165) is 0 Å². The second kappa shape index (κ2) is 12.9. The lowest BCUT2D eigenvalue weighted by Gasteiger charge is -2.39. The highest BCUT2D eigenvalue weighted by Gasteiger charge is 2.39. The number of benzene rings is 3. The number of esters is 1. The van der Waals surface area contributed by atoms with Crippen molar-refractivity contribution in [3.05, 3.63) is 100 Å². The van der Waals surface area contributed by atoms with Gasteiger partial charge in [0.05, 0.1) is 28.9 Å². The summed E-state index contributed by atoms with van der Waals surface area (Å²) in [5.41, 5.74) is 1.56. The molecule has 240 valence electrons. The third-order valence-electron chi connectivity index (χ3n) is 7.94. The van der Waals surface area contributed by atoms with E-state index in [0.29, 0.717) is 54.6 Å². The quantitative estimate of drug-likeness (QED) is 0.153. The molecular weight excluding hydrogens is 619 g/mol. The van der Waals surface area contributed by atoms with Gasteiger partial charge in [0, 0.05) is 38.8 Å². The third-order valence-corrected chi connectivity index (χ3v) is 9.89. The van der Waals surface area contributed by atoms with Crippen molar-refractivity contribution in [1.29, 1.82) is 0 Å². The predicted octanol–water partition coefficient (Wildman–Crippen LogP) is 4.75. The van der Waals surface area contributed by atoms with Crippen molar-refractivity contribution in [1.82, 2.24) is 19.0 Å². The average molecular weight is 651 g/mol. The van der Waals surface area contributed by atoms with Crippen LogP contribution in [0.25, 0.3) is 5.69 Å². The van der Waals surface area contributed by atoms with Gasteiger partial charge in [-0.2, -0.15) is 9.40 Å².